The molecule has 2 heterocycles. The Morgan fingerprint density at radius 3 is 2.56 bits per heavy atom. The highest BCUT2D eigenvalue weighted by molar-refractivity contribution is 7.81. The second-order valence-corrected chi connectivity index (χ2v) is 10.1. The maximum Gasteiger partial charge on any atom is 0.416 e. The average Bonchev–Trinajstić information content (AvgIpc) is 3.45. The van der Waals surface area contributed by atoms with E-state index in [-0.39, 0.29) is 23.8 Å². The van der Waals surface area contributed by atoms with Crippen LogP contribution >= 0.6 is 12.6 Å². The molecule has 1 saturated heterocycles. The highest BCUT2D eigenvalue weighted by Gasteiger charge is 2.44. The highest BCUT2D eigenvalue weighted by Crippen LogP contribution is 2.32. The van der Waals surface area contributed by atoms with Gasteiger partial charge in [0.2, 0.25) is 11.8 Å². The molecule has 34 heavy (non-hydrogen) atoms. The Morgan fingerprint density at radius 1 is 1.21 bits per heavy atom. The highest BCUT2D eigenvalue weighted by atomic mass is 32.1. The van der Waals surface area contributed by atoms with Gasteiger partial charge in [0.05, 0.1) is 10.8 Å². The number of thiol groups is 1. The average molecular weight is 488 g/mol. The molecule has 3 N–H and O–H groups in total. The van der Waals surface area contributed by atoms with Crippen molar-refractivity contribution in [3.63, 3.8) is 0 Å². The summed E-state index contributed by atoms with van der Waals surface area (Å²) in [6.07, 6.45) is 5.59. The molecule has 0 spiro atoms. The van der Waals surface area contributed by atoms with Gasteiger partial charge in [-0.05, 0) is 56.6 Å². The number of carbonyl (C=O) groups is 3. The van der Waals surface area contributed by atoms with Crippen LogP contribution < -0.4 is 10.6 Å². The van der Waals surface area contributed by atoms with Crippen LogP contribution in [0.4, 0.5) is 4.79 Å². The Morgan fingerprint density at radius 2 is 1.88 bits per heavy atom. The Hall–Kier alpha value is -2.52. The van der Waals surface area contributed by atoms with Crippen molar-refractivity contribution < 1.29 is 24.2 Å². The van der Waals surface area contributed by atoms with Crippen LogP contribution in [-0.4, -0.2) is 57.6 Å². The summed E-state index contributed by atoms with van der Waals surface area (Å²) in [5.74, 6) is -0.228. The van der Waals surface area contributed by atoms with Crippen molar-refractivity contribution >= 4 is 41.4 Å². The summed E-state index contributed by atoms with van der Waals surface area (Å²) in [6.45, 7) is 3.17. The summed E-state index contributed by atoms with van der Waals surface area (Å²) in [7, 11) is 0. The monoisotopic (exact) mass is 487 g/mol. The van der Waals surface area contributed by atoms with E-state index in [2.05, 4.69) is 23.3 Å². The number of carbonyl (C=O) groups excluding carboxylic acids is 2. The van der Waals surface area contributed by atoms with Crippen molar-refractivity contribution in [1.29, 1.82) is 0 Å². The van der Waals surface area contributed by atoms with Gasteiger partial charge in [0, 0.05) is 30.8 Å². The van der Waals surface area contributed by atoms with Crippen LogP contribution in [0.2, 0.25) is 0 Å². The molecule has 184 valence electrons. The number of rotatable bonds is 7. The molecule has 4 rings (SSSR count). The third kappa shape index (κ3) is 5.10. The number of para-hydroxylation sites is 1. The lowest BCUT2D eigenvalue weighted by Crippen LogP contribution is -2.60. The number of benzene rings is 1. The van der Waals surface area contributed by atoms with Crippen LogP contribution in [-0.2, 0) is 20.7 Å². The molecule has 1 saturated carbocycles. The largest absolute Gasteiger partial charge is 0.464 e. The van der Waals surface area contributed by atoms with Crippen molar-refractivity contribution in [2.75, 3.05) is 13.2 Å². The minimum absolute atomic E-state index is 0.143. The zero-order valence-corrected chi connectivity index (χ0v) is 20.4. The standard InChI is InChI=1S/C25H33N3O5S/c1-16(14-18-15-28(24(31)32)20-7-3-2-6-19(18)20)26-23(30)25(10-4-5-11-25)27-22(29)21(34)17-8-12-33-13-9-17/h2-3,6-7,15-17,21,34H,4-5,8-14H2,1H3,(H,26,30)(H,27,29)(H,31,32)/t16-,21+/m1/s1. The molecule has 1 aliphatic heterocycles. The van der Waals surface area contributed by atoms with Crippen LogP contribution in [0.1, 0.15) is 51.0 Å². The Bertz CT molecular complexity index is 1060. The van der Waals surface area contributed by atoms with Gasteiger partial charge in [0.15, 0.2) is 0 Å². The van der Waals surface area contributed by atoms with Crippen LogP contribution in [0.5, 0.6) is 0 Å². The molecule has 1 aromatic heterocycles. The van der Waals surface area contributed by atoms with Crippen molar-refractivity contribution in [1.82, 2.24) is 15.2 Å². The predicted octanol–water partition coefficient (Wildman–Crippen LogP) is 3.37. The molecule has 2 amide bonds. The fourth-order valence-electron chi connectivity index (χ4n) is 5.26. The van der Waals surface area contributed by atoms with Crippen molar-refractivity contribution in [3.8, 4) is 0 Å². The summed E-state index contributed by atoms with van der Waals surface area (Å²) < 4.78 is 6.60. The van der Waals surface area contributed by atoms with E-state index < -0.39 is 16.9 Å². The normalized spacial score (nSPS) is 20.1. The predicted molar refractivity (Wildman–Crippen MR) is 132 cm³/mol. The Balaban J connectivity index is 1.44. The van der Waals surface area contributed by atoms with Crippen LogP contribution in [0.15, 0.2) is 30.5 Å². The number of nitrogens with zero attached hydrogens (tertiary/aromatic N) is 1. The smallest absolute Gasteiger partial charge is 0.416 e. The maximum absolute atomic E-state index is 13.4. The summed E-state index contributed by atoms with van der Waals surface area (Å²) in [6, 6.07) is 7.10. The third-order valence-corrected chi connectivity index (χ3v) is 7.80. The first-order chi connectivity index (χ1) is 16.3. The molecular formula is C25H33N3O5S. The van der Waals surface area contributed by atoms with E-state index in [0.717, 1.165) is 36.6 Å². The molecule has 1 aromatic carbocycles. The fourth-order valence-corrected chi connectivity index (χ4v) is 5.62. The molecule has 1 aliphatic carbocycles. The first kappa shape index (κ1) is 24.6. The number of carboxylic acid groups (broad SMARTS) is 1. The molecule has 0 bridgehead atoms. The van der Waals surface area contributed by atoms with Gasteiger partial charge >= 0.3 is 6.09 Å². The number of fused-ring (bicyclic) bond motifs is 1. The Labute approximate surface area is 204 Å². The van der Waals surface area contributed by atoms with E-state index in [1.165, 1.54) is 4.57 Å². The zero-order chi connectivity index (χ0) is 24.3. The molecule has 9 heteroatoms. The molecule has 0 radical (unpaired) electrons. The van der Waals surface area contributed by atoms with Crippen molar-refractivity contribution in [3.05, 3.63) is 36.0 Å². The van der Waals surface area contributed by atoms with E-state index in [4.69, 9.17) is 4.74 Å². The zero-order valence-electron chi connectivity index (χ0n) is 19.5. The van der Waals surface area contributed by atoms with Crippen LogP contribution in [0.3, 0.4) is 0 Å². The van der Waals surface area contributed by atoms with E-state index in [1.54, 1.807) is 18.3 Å². The van der Waals surface area contributed by atoms with Crippen LogP contribution in [0, 0.1) is 5.92 Å². The molecule has 2 aliphatic rings. The summed E-state index contributed by atoms with van der Waals surface area (Å²) in [5.41, 5.74) is 0.549. The van der Waals surface area contributed by atoms with Crippen LogP contribution in [0.25, 0.3) is 10.9 Å². The maximum atomic E-state index is 13.4. The van der Waals surface area contributed by atoms with Gasteiger partial charge in [-0.15, -0.1) is 0 Å². The number of hydrogen-bond acceptors (Lipinski definition) is 5. The number of aromatic nitrogens is 1. The van der Waals surface area contributed by atoms with Gasteiger partial charge in [-0.1, -0.05) is 31.0 Å². The van der Waals surface area contributed by atoms with Gasteiger partial charge in [-0.25, -0.2) is 4.79 Å². The molecular weight excluding hydrogens is 454 g/mol. The number of hydrogen-bond donors (Lipinski definition) is 4. The quantitative estimate of drug-likeness (QED) is 0.448. The SMILES string of the molecule is C[C@H](Cc1cn(C(=O)O)c2ccccc12)NC(=O)C1(NC(=O)[C@@H](S)C2CCOCC2)CCCC1. The van der Waals surface area contributed by atoms with Gasteiger partial charge in [0.1, 0.15) is 5.54 Å². The van der Waals surface area contributed by atoms with Crippen molar-refractivity contribution in [2.24, 2.45) is 5.92 Å². The molecule has 2 atom stereocenters. The second kappa shape index (κ2) is 10.4. The lowest BCUT2D eigenvalue weighted by atomic mass is 9.92. The van der Waals surface area contributed by atoms with E-state index >= 15 is 0 Å². The lowest BCUT2D eigenvalue weighted by molar-refractivity contribution is -0.134. The van der Waals surface area contributed by atoms with Gasteiger partial charge in [-0.3, -0.25) is 14.2 Å². The number of nitrogens with one attached hydrogen (secondary N) is 2. The molecule has 2 aromatic rings. The minimum atomic E-state index is -1.04. The van der Waals surface area contributed by atoms with Crippen molar-refractivity contribution in [2.45, 2.75) is 68.7 Å². The number of amides is 2. The first-order valence-electron chi connectivity index (χ1n) is 12.0. The van der Waals surface area contributed by atoms with E-state index in [9.17, 15) is 19.5 Å². The first-order valence-corrected chi connectivity index (χ1v) is 12.5. The molecule has 0 unspecified atom stereocenters. The fraction of sp³-hybridized carbons (Fsp3) is 0.560. The number of ether oxygens (including phenoxy) is 1. The molecule has 2 fully saturated rings. The summed E-state index contributed by atoms with van der Waals surface area (Å²) >= 11 is 4.59. The van der Waals surface area contributed by atoms with Gasteiger partial charge in [0.25, 0.3) is 0 Å². The topological polar surface area (TPSA) is 110 Å². The molecule has 8 nitrogen and oxygen atoms in total. The van der Waals surface area contributed by atoms with E-state index in [1.807, 2.05) is 19.1 Å². The van der Waals surface area contributed by atoms with Gasteiger partial charge in [-0.2, -0.15) is 12.6 Å². The second-order valence-electron chi connectivity index (χ2n) is 9.58. The Kier molecular flexibility index (Phi) is 7.52. The lowest BCUT2D eigenvalue weighted by Gasteiger charge is -2.33. The van der Waals surface area contributed by atoms with E-state index in [0.29, 0.717) is 38.0 Å². The van der Waals surface area contributed by atoms with Gasteiger partial charge < -0.3 is 20.5 Å². The minimum Gasteiger partial charge on any atom is -0.464 e. The summed E-state index contributed by atoms with van der Waals surface area (Å²) in [5, 5.41) is 16.0. The summed E-state index contributed by atoms with van der Waals surface area (Å²) in [4.78, 5) is 38.1. The third-order valence-electron chi connectivity index (χ3n) is 7.14.